The topological polar surface area (TPSA) is 204 Å². The van der Waals surface area contributed by atoms with Crippen molar-refractivity contribution in [3.63, 3.8) is 0 Å². The van der Waals surface area contributed by atoms with Crippen LogP contribution in [0.3, 0.4) is 0 Å². The highest BCUT2D eigenvalue weighted by atomic mass is 16.5. The van der Waals surface area contributed by atoms with E-state index < -0.39 is 24.3 Å². The van der Waals surface area contributed by atoms with Gasteiger partial charge in [0, 0.05) is 23.5 Å². The summed E-state index contributed by atoms with van der Waals surface area (Å²) < 4.78 is 17.2. The van der Waals surface area contributed by atoms with Crippen LogP contribution in [0.1, 0.15) is 109 Å². The van der Waals surface area contributed by atoms with Crippen molar-refractivity contribution >= 4 is 45.8 Å². The van der Waals surface area contributed by atoms with E-state index in [1.807, 2.05) is 56.7 Å². The number of methoxy groups -OCH3 is 1. The summed E-state index contributed by atoms with van der Waals surface area (Å²) in [4.78, 5) is 73.2. The standard InChI is InChI=1S/C49H60N8O8/c1-8-28-17-39(56(22-28)46(58)42(54-48(60)61)31-15-26(5)65-27(6)16-31)44-50-21-37(52-44)30-10-12-33-32(18-30)23-64-40-20-34-29(19-35(33)40)11-13-36-43(34)53-45(51-36)38-14-9-25(4)57(38)47(59)41(24(2)3)55-49(62)63-7/h10-13,18-21,24-28,31,38-39,41-42,54H,8-9,14-17,22-23H2,1-7H3,(H,50,52)(H,51,53)(H,55,62)(H,60,61)/t25-,26+,27+,28-,38-,39-,41-,42-/m0/s1. The molecule has 3 fully saturated rings. The number of hydrogen-bond donors (Lipinski definition) is 5. The maximum absolute atomic E-state index is 14.4. The van der Waals surface area contributed by atoms with Crippen molar-refractivity contribution < 1.29 is 38.5 Å². The number of benzene rings is 3. The third kappa shape index (κ3) is 8.36. The molecule has 8 atom stereocenters. The number of carboxylic acid groups (broad SMARTS) is 1. The number of aromatic nitrogens is 4. The lowest BCUT2D eigenvalue weighted by molar-refractivity contribution is -0.139. The molecule has 0 bridgehead atoms. The Labute approximate surface area is 378 Å². The predicted octanol–water partition coefficient (Wildman–Crippen LogP) is 8.24. The largest absolute Gasteiger partial charge is 0.488 e. The zero-order valence-electron chi connectivity index (χ0n) is 38.1. The molecule has 0 aliphatic carbocycles. The van der Waals surface area contributed by atoms with Gasteiger partial charge in [-0.15, -0.1) is 0 Å². The number of aromatic amines is 2. The number of alkyl carbamates (subject to hydrolysis) is 1. The van der Waals surface area contributed by atoms with Gasteiger partial charge < -0.3 is 49.7 Å². The SMILES string of the molecule is CC[C@H]1C[C@@H](c2ncc(-c3ccc4c(c3)COc3cc5c(ccc6nc([C@@H]7CC[C@H](C)N7C(=O)[C@@H](NC(=O)OC)C(C)C)[nH]c65)cc3-4)[nH]2)N(C(=O)[C@@H](NC(=O)O)C2C[C@@H](C)O[C@H](C)C2)C1. The molecule has 9 rings (SSSR count). The summed E-state index contributed by atoms with van der Waals surface area (Å²) in [5.41, 5.74) is 6.51. The molecule has 5 aromatic rings. The number of rotatable bonds is 10. The van der Waals surface area contributed by atoms with E-state index in [1.54, 1.807) is 0 Å². The smallest absolute Gasteiger partial charge is 0.407 e. The molecule has 16 heteroatoms. The van der Waals surface area contributed by atoms with Gasteiger partial charge in [-0.2, -0.15) is 0 Å². The summed E-state index contributed by atoms with van der Waals surface area (Å²) in [6.07, 6.45) is 4.20. The van der Waals surface area contributed by atoms with Gasteiger partial charge in [-0.05, 0) is 117 Å². The Hall–Kier alpha value is -6.16. The second kappa shape index (κ2) is 17.7. The minimum Gasteiger partial charge on any atom is -0.488 e. The molecular weight excluding hydrogens is 829 g/mol. The lowest BCUT2D eigenvalue weighted by Crippen LogP contribution is -2.54. The third-order valence-corrected chi connectivity index (χ3v) is 14.2. The van der Waals surface area contributed by atoms with E-state index >= 15 is 0 Å². The summed E-state index contributed by atoms with van der Waals surface area (Å²) in [5, 5.41) is 17.1. The van der Waals surface area contributed by atoms with Gasteiger partial charge in [0.1, 0.15) is 36.1 Å². The Morgan fingerprint density at radius 2 is 1.71 bits per heavy atom. The van der Waals surface area contributed by atoms with Crippen molar-refractivity contribution in [3.8, 4) is 28.1 Å². The number of nitrogens with one attached hydrogen (secondary N) is 4. The fourth-order valence-electron chi connectivity index (χ4n) is 10.9. The summed E-state index contributed by atoms with van der Waals surface area (Å²) in [7, 11) is 1.29. The zero-order valence-corrected chi connectivity index (χ0v) is 38.1. The number of H-pyrrole nitrogens is 2. The maximum atomic E-state index is 14.4. The summed E-state index contributed by atoms with van der Waals surface area (Å²) >= 11 is 0. The number of likely N-dealkylation sites (tertiary alicyclic amines) is 2. The van der Waals surface area contributed by atoms with Crippen LogP contribution in [0.2, 0.25) is 0 Å². The molecule has 2 aromatic heterocycles. The van der Waals surface area contributed by atoms with E-state index in [4.69, 9.17) is 24.2 Å². The second-order valence-electron chi connectivity index (χ2n) is 19.0. The van der Waals surface area contributed by atoms with Crippen molar-refractivity contribution in [1.29, 1.82) is 0 Å². The molecular formula is C49H60N8O8. The van der Waals surface area contributed by atoms with Crippen LogP contribution in [0.25, 0.3) is 44.2 Å². The number of fused-ring (bicyclic) bond motifs is 6. The number of nitrogens with zero attached hydrogens (tertiary/aromatic N) is 4. The predicted molar refractivity (Wildman–Crippen MR) is 244 cm³/mol. The first-order valence-corrected chi connectivity index (χ1v) is 23.1. The van der Waals surface area contributed by atoms with E-state index in [2.05, 4.69) is 63.9 Å². The van der Waals surface area contributed by atoms with Gasteiger partial charge in [-0.1, -0.05) is 45.4 Å². The van der Waals surface area contributed by atoms with Gasteiger partial charge in [0.2, 0.25) is 11.8 Å². The first-order valence-electron chi connectivity index (χ1n) is 23.1. The summed E-state index contributed by atoms with van der Waals surface area (Å²) in [6.45, 7) is 12.8. The van der Waals surface area contributed by atoms with Gasteiger partial charge in [0.05, 0.1) is 54.3 Å². The van der Waals surface area contributed by atoms with Crippen molar-refractivity contribution in [3.05, 3.63) is 65.9 Å². The van der Waals surface area contributed by atoms with E-state index in [0.717, 1.165) is 81.2 Å². The van der Waals surface area contributed by atoms with Crippen LogP contribution in [0.4, 0.5) is 9.59 Å². The monoisotopic (exact) mass is 888 g/mol. The zero-order chi connectivity index (χ0) is 45.8. The fraction of sp³-hybridized carbons (Fsp3) is 0.510. The molecule has 0 unspecified atom stereocenters. The average molecular weight is 889 g/mol. The Kier molecular flexibility index (Phi) is 12.0. The molecule has 0 saturated carbocycles. The minimum absolute atomic E-state index is 0.0327. The summed E-state index contributed by atoms with van der Waals surface area (Å²) in [5.74, 6) is 1.73. The third-order valence-electron chi connectivity index (χ3n) is 14.2. The highest BCUT2D eigenvalue weighted by Crippen LogP contribution is 2.44. The minimum atomic E-state index is -1.21. The molecule has 0 spiro atoms. The quantitative estimate of drug-likeness (QED) is 0.0909. The molecule has 4 aliphatic heterocycles. The molecule has 6 heterocycles. The van der Waals surface area contributed by atoms with E-state index in [9.17, 15) is 24.3 Å². The van der Waals surface area contributed by atoms with Crippen LogP contribution in [0, 0.1) is 17.8 Å². The Morgan fingerprint density at radius 1 is 0.923 bits per heavy atom. The number of ether oxygens (including phenoxy) is 3. The van der Waals surface area contributed by atoms with Crippen molar-refractivity contribution in [2.75, 3.05) is 13.7 Å². The number of imidazole rings is 2. The maximum Gasteiger partial charge on any atom is 0.407 e. The number of amides is 4. The molecule has 0 radical (unpaired) electrons. The van der Waals surface area contributed by atoms with Crippen LogP contribution in [0.15, 0.2) is 48.7 Å². The van der Waals surface area contributed by atoms with Gasteiger partial charge >= 0.3 is 12.2 Å². The van der Waals surface area contributed by atoms with Crippen LogP contribution in [-0.4, -0.2) is 103 Å². The number of carbonyl (C=O) groups is 4. The Bertz CT molecular complexity index is 2630. The van der Waals surface area contributed by atoms with Gasteiger partial charge in [0.25, 0.3) is 0 Å². The molecule has 3 saturated heterocycles. The van der Waals surface area contributed by atoms with Crippen molar-refractivity contribution in [2.45, 2.75) is 129 Å². The van der Waals surface area contributed by atoms with Crippen molar-refractivity contribution in [1.82, 2.24) is 40.4 Å². The normalized spacial score (nSPS) is 25.0. The molecule has 344 valence electrons. The Morgan fingerprint density at radius 3 is 2.43 bits per heavy atom. The molecule has 3 aromatic carbocycles. The molecule has 4 aliphatic rings. The van der Waals surface area contributed by atoms with E-state index in [1.165, 1.54) is 7.11 Å². The van der Waals surface area contributed by atoms with E-state index in [0.29, 0.717) is 37.6 Å². The average Bonchev–Trinajstić information content (AvgIpc) is 4.11. The van der Waals surface area contributed by atoms with Gasteiger partial charge in [-0.25, -0.2) is 19.6 Å². The van der Waals surface area contributed by atoms with Crippen LogP contribution >= 0.6 is 0 Å². The lowest BCUT2D eigenvalue weighted by atomic mass is 9.85. The number of carbonyl (C=O) groups excluding carboxylic acids is 3. The van der Waals surface area contributed by atoms with Crippen LogP contribution in [0.5, 0.6) is 5.75 Å². The fourth-order valence-corrected chi connectivity index (χ4v) is 10.9. The summed E-state index contributed by atoms with van der Waals surface area (Å²) in [6, 6.07) is 12.4. The highest BCUT2D eigenvalue weighted by molar-refractivity contribution is 6.07. The molecule has 4 amide bonds. The van der Waals surface area contributed by atoms with Gasteiger partial charge in [0.15, 0.2) is 0 Å². The van der Waals surface area contributed by atoms with Crippen molar-refractivity contribution in [2.24, 2.45) is 17.8 Å². The van der Waals surface area contributed by atoms with Crippen LogP contribution in [-0.2, 0) is 25.7 Å². The first kappa shape index (κ1) is 44.1. The van der Waals surface area contributed by atoms with Crippen LogP contribution < -0.4 is 15.4 Å². The Balaban J connectivity index is 0.964. The molecule has 65 heavy (non-hydrogen) atoms. The molecule has 5 N–H and O–H groups in total. The molecule has 16 nitrogen and oxygen atoms in total. The lowest BCUT2D eigenvalue weighted by Gasteiger charge is -2.38. The second-order valence-corrected chi connectivity index (χ2v) is 19.0. The number of hydrogen-bond acceptors (Lipinski definition) is 9. The highest BCUT2D eigenvalue weighted by Gasteiger charge is 2.45. The van der Waals surface area contributed by atoms with E-state index in [-0.39, 0.29) is 59.9 Å². The first-order chi connectivity index (χ1) is 31.2. The van der Waals surface area contributed by atoms with Gasteiger partial charge in [-0.3, -0.25) is 9.59 Å².